The minimum atomic E-state index is -1.03. The van der Waals surface area contributed by atoms with Gasteiger partial charge in [-0.3, -0.25) is 4.79 Å². The number of carbonyl (C=O) groups is 1. The van der Waals surface area contributed by atoms with Crippen molar-refractivity contribution in [3.63, 3.8) is 0 Å². The second kappa shape index (κ2) is 6.75. The Morgan fingerprint density at radius 2 is 2.00 bits per heavy atom. The molecule has 0 radical (unpaired) electrons. The van der Waals surface area contributed by atoms with Crippen LogP contribution >= 0.6 is 11.3 Å². The molecule has 0 aliphatic rings. The zero-order valence-electron chi connectivity index (χ0n) is 12.0. The van der Waals surface area contributed by atoms with E-state index in [0.29, 0.717) is 13.0 Å². The van der Waals surface area contributed by atoms with Gasteiger partial charge in [-0.15, -0.1) is 11.3 Å². The number of hydrogen-bond acceptors (Lipinski definition) is 3. The number of amides is 1. The van der Waals surface area contributed by atoms with Crippen molar-refractivity contribution in [3.8, 4) is 10.4 Å². The molecule has 1 amide bonds. The van der Waals surface area contributed by atoms with Gasteiger partial charge in [-0.2, -0.15) is 0 Å². The fourth-order valence-electron chi connectivity index (χ4n) is 2.11. The third kappa shape index (κ3) is 3.65. The maximum Gasteiger partial charge on any atom is 0.251 e. The van der Waals surface area contributed by atoms with Gasteiger partial charge >= 0.3 is 0 Å². The van der Waals surface area contributed by atoms with Crippen molar-refractivity contribution in [3.05, 3.63) is 71.0 Å². The fourth-order valence-corrected chi connectivity index (χ4v) is 3.10. The van der Waals surface area contributed by atoms with Crippen molar-refractivity contribution >= 4 is 17.2 Å². The fraction of sp³-hybridized carbons (Fsp3) is 0.118. The van der Waals surface area contributed by atoms with E-state index < -0.39 is 17.5 Å². The lowest BCUT2D eigenvalue weighted by molar-refractivity contribution is 0.0953. The van der Waals surface area contributed by atoms with Crippen LogP contribution in [0.5, 0.6) is 0 Å². The van der Waals surface area contributed by atoms with Crippen LogP contribution in [0.3, 0.4) is 0 Å². The summed E-state index contributed by atoms with van der Waals surface area (Å²) >= 11 is 1.62. The van der Waals surface area contributed by atoms with Gasteiger partial charge in [0.2, 0.25) is 0 Å². The van der Waals surface area contributed by atoms with Crippen LogP contribution in [0.4, 0.5) is 8.78 Å². The van der Waals surface area contributed by atoms with Crippen LogP contribution in [0.2, 0.25) is 0 Å². The van der Waals surface area contributed by atoms with Gasteiger partial charge in [0.1, 0.15) is 0 Å². The molecule has 1 N–H and O–H groups in total. The zero-order chi connectivity index (χ0) is 16.2. The Morgan fingerprint density at radius 3 is 2.74 bits per heavy atom. The molecule has 0 aliphatic carbocycles. The van der Waals surface area contributed by atoms with Crippen molar-refractivity contribution in [1.29, 1.82) is 0 Å². The Balaban J connectivity index is 1.55. The van der Waals surface area contributed by atoms with E-state index in [1.165, 1.54) is 6.07 Å². The first-order chi connectivity index (χ1) is 11.1. The molecule has 2 heterocycles. The number of benzene rings is 1. The molecule has 6 heteroatoms. The predicted octanol–water partition coefficient (Wildman–Crippen LogP) is 4.26. The number of carbonyl (C=O) groups excluding carboxylic acids is 1. The molecule has 0 aliphatic heterocycles. The van der Waals surface area contributed by atoms with Crippen LogP contribution < -0.4 is 5.32 Å². The summed E-state index contributed by atoms with van der Waals surface area (Å²) in [6.07, 6.45) is 3.97. The summed E-state index contributed by atoms with van der Waals surface area (Å²) in [5.41, 5.74) is 1.13. The number of nitrogens with one attached hydrogen (secondary N) is 1. The molecule has 0 atom stereocenters. The van der Waals surface area contributed by atoms with Crippen LogP contribution in [-0.2, 0) is 6.42 Å². The van der Waals surface area contributed by atoms with Crippen LogP contribution in [0.15, 0.2) is 53.3 Å². The maximum absolute atomic E-state index is 13.1. The average Bonchev–Trinajstić information content (AvgIpc) is 3.20. The number of hydrogen-bond donors (Lipinski definition) is 1. The van der Waals surface area contributed by atoms with Gasteiger partial charge in [-0.1, -0.05) is 0 Å². The normalized spacial score (nSPS) is 10.7. The van der Waals surface area contributed by atoms with E-state index in [1.807, 2.05) is 18.2 Å². The van der Waals surface area contributed by atoms with E-state index in [0.717, 1.165) is 27.5 Å². The third-order valence-corrected chi connectivity index (χ3v) is 4.50. The highest BCUT2D eigenvalue weighted by molar-refractivity contribution is 7.15. The topological polar surface area (TPSA) is 42.2 Å². The molecule has 0 spiro atoms. The second-order valence-corrected chi connectivity index (χ2v) is 6.08. The lowest BCUT2D eigenvalue weighted by Gasteiger charge is -2.04. The molecule has 23 heavy (non-hydrogen) atoms. The van der Waals surface area contributed by atoms with Crippen molar-refractivity contribution < 1.29 is 18.0 Å². The van der Waals surface area contributed by atoms with E-state index in [9.17, 15) is 13.6 Å². The molecule has 0 saturated heterocycles. The van der Waals surface area contributed by atoms with Crippen LogP contribution in [0.1, 0.15) is 15.2 Å². The highest BCUT2D eigenvalue weighted by Crippen LogP contribution is 2.28. The van der Waals surface area contributed by atoms with Gasteiger partial charge < -0.3 is 9.73 Å². The van der Waals surface area contributed by atoms with Gasteiger partial charge in [0.25, 0.3) is 5.91 Å². The first kappa shape index (κ1) is 15.4. The smallest absolute Gasteiger partial charge is 0.251 e. The van der Waals surface area contributed by atoms with Gasteiger partial charge in [0.05, 0.1) is 12.5 Å². The number of rotatable bonds is 5. The standard InChI is InChI=1S/C17H13F2NO2S/c18-14-3-1-11(9-15(14)19)17(21)20-7-5-13-2-4-16(23-13)12-6-8-22-10-12/h1-4,6,8-10H,5,7H2,(H,20,21). The van der Waals surface area contributed by atoms with E-state index in [1.54, 1.807) is 23.9 Å². The molecule has 0 fully saturated rings. The quantitative estimate of drug-likeness (QED) is 0.758. The molecule has 3 rings (SSSR count). The molecule has 1 aromatic carbocycles. The molecule has 3 nitrogen and oxygen atoms in total. The number of furan rings is 1. The number of thiophene rings is 1. The lowest BCUT2D eigenvalue weighted by Crippen LogP contribution is -2.25. The monoisotopic (exact) mass is 333 g/mol. The summed E-state index contributed by atoms with van der Waals surface area (Å²) in [5.74, 6) is -2.41. The average molecular weight is 333 g/mol. The predicted molar refractivity (Wildman–Crippen MR) is 84.4 cm³/mol. The van der Waals surface area contributed by atoms with Gasteiger partial charge in [0.15, 0.2) is 11.6 Å². The van der Waals surface area contributed by atoms with Crippen LogP contribution in [0.25, 0.3) is 10.4 Å². The van der Waals surface area contributed by atoms with Crippen molar-refractivity contribution in [2.24, 2.45) is 0 Å². The summed E-state index contributed by atoms with van der Waals surface area (Å²) < 4.78 is 31.0. The maximum atomic E-state index is 13.1. The lowest BCUT2D eigenvalue weighted by atomic mass is 10.2. The minimum Gasteiger partial charge on any atom is -0.472 e. The second-order valence-electron chi connectivity index (χ2n) is 4.91. The molecular formula is C17H13F2NO2S. The Hall–Kier alpha value is -2.47. The number of halogens is 2. The van der Waals surface area contributed by atoms with E-state index >= 15 is 0 Å². The third-order valence-electron chi connectivity index (χ3n) is 3.31. The highest BCUT2D eigenvalue weighted by Gasteiger charge is 2.10. The van der Waals surface area contributed by atoms with Crippen LogP contribution in [-0.4, -0.2) is 12.5 Å². The highest BCUT2D eigenvalue weighted by atomic mass is 32.1. The Kier molecular flexibility index (Phi) is 4.52. The van der Waals surface area contributed by atoms with Gasteiger partial charge in [0, 0.05) is 27.4 Å². The first-order valence-corrected chi connectivity index (χ1v) is 7.79. The molecule has 0 bridgehead atoms. The van der Waals surface area contributed by atoms with Crippen molar-refractivity contribution in [2.45, 2.75) is 6.42 Å². The molecular weight excluding hydrogens is 320 g/mol. The Morgan fingerprint density at radius 1 is 1.13 bits per heavy atom. The summed E-state index contributed by atoms with van der Waals surface area (Å²) in [4.78, 5) is 14.1. The minimum absolute atomic E-state index is 0.106. The van der Waals surface area contributed by atoms with Gasteiger partial charge in [-0.05, 0) is 42.8 Å². The molecule has 3 aromatic rings. The van der Waals surface area contributed by atoms with E-state index in [-0.39, 0.29) is 5.56 Å². The van der Waals surface area contributed by atoms with Crippen LogP contribution in [0, 0.1) is 11.6 Å². The molecule has 2 aromatic heterocycles. The van der Waals surface area contributed by atoms with E-state index in [2.05, 4.69) is 5.32 Å². The van der Waals surface area contributed by atoms with Gasteiger partial charge in [-0.25, -0.2) is 8.78 Å². The van der Waals surface area contributed by atoms with Crippen molar-refractivity contribution in [2.75, 3.05) is 6.54 Å². The van der Waals surface area contributed by atoms with E-state index in [4.69, 9.17) is 4.42 Å². The summed E-state index contributed by atoms with van der Waals surface area (Å²) in [6.45, 7) is 0.420. The molecule has 0 unspecified atom stereocenters. The first-order valence-electron chi connectivity index (χ1n) is 6.98. The molecule has 118 valence electrons. The molecule has 0 saturated carbocycles. The summed E-state index contributed by atoms with van der Waals surface area (Å²) in [6, 6.07) is 8.99. The SMILES string of the molecule is O=C(NCCc1ccc(-c2ccoc2)s1)c1ccc(F)c(F)c1. The Bertz CT molecular complexity index is 812. The Labute approximate surface area is 135 Å². The zero-order valence-corrected chi connectivity index (χ0v) is 12.8. The summed E-state index contributed by atoms with van der Waals surface area (Å²) in [5, 5.41) is 2.70. The largest absolute Gasteiger partial charge is 0.472 e. The van der Waals surface area contributed by atoms with Crippen molar-refractivity contribution in [1.82, 2.24) is 5.32 Å². The summed E-state index contributed by atoms with van der Waals surface area (Å²) in [7, 11) is 0.